The van der Waals surface area contributed by atoms with Gasteiger partial charge in [0.15, 0.2) is 6.10 Å². The first-order chi connectivity index (χ1) is 24.4. The van der Waals surface area contributed by atoms with E-state index in [1.54, 1.807) is 4.90 Å². The fourth-order valence-electron chi connectivity index (χ4n) is 8.35. The predicted molar refractivity (Wildman–Crippen MR) is 188 cm³/mol. The van der Waals surface area contributed by atoms with Crippen LogP contribution in [0.1, 0.15) is 89.3 Å². The summed E-state index contributed by atoms with van der Waals surface area (Å²) >= 11 is 0. The van der Waals surface area contributed by atoms with Crippen LogP contribution in [-0.2, 0) is 27.4 Å². The smallest absolute Gasteiger partial charge is 0.411 e. The Morgan fingerprint density at radius 2 is 1.58 bits per heavy atom. The SMILES string of the molecule is CC(c1ccc2c(c1)CN(C1CCC(=O)NC1=O)C2=O)N(C(=O)OC1c2ccccc2-c2ccccc21)[C@H]1CCC[C@@H]1NCc1ccccc1. The summed E-state index contributed by atoms with van der Waals surface area (Å²) in [5, 5.41) is 6.12. The number of fused-ring (bicyclic) bond motifs is 4. The van der Waals surface area contributed by atoms with E-state index >= 15 is 0 Å². The fraction of sp³-hybridized carbons (Fsp3) is 0.317. The minimum Gasteiger partial charge on any atom is -0.436 e. The van der Waals surface area contributed by atoms with E-state index < -0.39 is 18.1 Å². The second kappa shape index (κ2) is 13.2. The molecule has 2 unspecified atom stereocenters. The second-order valence-corrected chi connectivity index (χ2v) is 13.8. The van der Waals surface area contributed by atoms with Crippen LogP contribution in [0.2, 0.25) is 0 Å². The third-order valence-corrected chi connectivity index (χ3v) is 10.9. The number of hydrogen-bond donors (Lipinski definition) is 2. The Bertz CT molecular complexity index is 1930. The molecule has 9 nitrogen and oxygen atoms in total. The van der Waals surface area contributed by atoms with Crippen molar-refractivity contribution in [3.8, 4) is 11.1 Å². The maximum Gasteiger partial charge on any atom is 0.411 e. The van der Waals surface area contributed by atoms with E-state index in [1.165, 1.54) is 5.56 Å². The van der Waals surface area contributed by atoms with E-state index in [0.29, 0.717) is 18.5 Å². The molecule has 8 rings (SSSR count). The molecule has 2 aliphatic carbocycles. The van der Waals surface area contributed by atoms with Gasteiger partial charge < -0.3 is 15.0 Å². The van der Waals surface area contributed by atoms with E-state index in [-0.39, 0.29) is 49.0 Å². The number of nitrogens with zero attached hydrogens (tertiary/aromatic N) is 2. The van der Waals surface area contributed by atoms with Gasteiger partial charge in [0.1, 0.15) is 6.04 Å². The van der Waals surface area contributed by atoms with Crippen LogP contribution in [0.25, 0.3) is 11.1 Å². The Kier molecular flexibility index (Phi) is 8.44. The minimum atomic E-state index is -0.688. The average molecular weight is 669 g/mol. The van der Waals surface area contributed by atoms with Crippen molar-refractivity contribution in [3.05, 3.63) is 130 Å². The van der Waals surface area contributed by atoms with Crippen LogP contribution in [0.15, 0.2) is 97.1 Å². The number of amides is 4. The topological polar surface area (TPSA) is 108 Å². The summed E-state index contributed by atoms with van der Waals surface area (Å²) in [7, 11) is 0. The maximum atomic E-state index is 14.7. The molecule has 2 fully saturated rings. The van der Waals surface area contributed by atoms with Gasteiger partial charge in [0.25, 0.3) is 5.91 Å². The van der Waals surface area contributed by atoms with Crippen molar-refractivity contribution < 1.29 is 23.9 Å². The summed E-state index contributed by atoms with van der Waals surface area (Å²) in [5.41, 5.74) is 7.53. The molecule has 2 N–H and O–H groups in total. The third-order valence-electron chi connectivity index (χ3n) is 10.9. The fourth-order valence-corrected chi connectivity index (χ4v) is 8.35. The van der Waals surface area contributed by atoms with Gasteiger partial charge in [-0.15, -0.1) is 0 Å². The van der Waals surface area contributed by atoms with Crippen molar-refractivity contribution in [1.82, 2.24) is 20.4 Å². The molecule has 0 radical (unpaired) electrons. The van der Waals surface area contributed by atoms with Crippen LogP contribution < -0.4 is 10.6 Å². The monoisotopic (exact) mass is 668 g/mol. The van der Waals surface area contributed by atoms with Crippen molar-refractivity contribution in [2.75, 3.05) is 0 Å². The lowest BCUT2D eigenvalue weighted by Gasteiger charge is -2.38. The highest BCUT2D eigenvalue weighted by Gasteiger charge is 2.43. The first-order valence-corrected chi connectivity index (χ1v) is 17.6. The molecule has 1 saturated carbocycles. The molecule has 9 heteroatoms. The van der Waals surface area contributed by atoms with Crippen LogP contribution in [0.5, 0.6) is 0 Å². The number of carbonyl (C=O) groups is 4. The Hall–Kier alpha value is -5.28. The highest BCUT2D eigenvalue weighted by atomic mass is 16.6. The number of imide groups is 1. The van der Waals surface area contributed by atoms with Gasteiger partial charge in [0.2, 0.25) is 11.8 Å². The second-order valence-electron chi connectivity index (χ2n) is 13.8. The molecule has 254 valence electrons. The zero-order valence-corrected chi connectivity index (χ0v) is 28.0. The maximum absolute atomic E-state index is 14.7. The van der Waals surface area contributed by atoms with Gasteiger partial charge in [0.05, 0.1) is 12.1 Å². The number of nitrogens with one attached hydrogen (secondary N) is 2. The Balaban J connectivity index is 1.10. The zero-order chi connectivity index (χ0) is 34.4. The van der Waals surface area contributed by atoms with E-state index in [9.17, 15) is 19.2 Å². The van der Waals surface area contributed by atoms with Crippen molar-refractivity contribution >= 4 is 23.8 Å². The van der Waals surface area contributed by atoms with Gasteiger partial charge in [-0.1, -0.05) is 91.0 Å². The van der Waals surface area contributed by atoms with E-state index in [1.807, 2.05) is 84.6 Å². The molecule has 4 aromatic carbocycles. The van der Waals surface area contributed by atoms with Gasteiger partial charge in [-0.25, -0.2) is 4.79 Å². The molecule has 4 amide bonds. The highest BCUT2D eigenvalue weighted by Crippen LogP contribution is 2.46. The molecule has 0 bridgehead atoms. The lowest BCUT2D eigenvalue weighted by molar-refractivity contribution is -0.136. The van der Waals surface area contributed by atoms with Crippen molar-refractivity contribution in [2.45, 2.75) is 82.4 Å². The predicted octanol–water partition coefficient (Wildman–Crippen LogP) is 6.43. The number of carbonyl (C=O) groups excluding carboxylic acids is 4. The van der Waals surface area contributed by atoms with Crippen LogP contribution in [0.3, 0.4) is 0 Å². The van der Waals surface area contributed by atoms with E-state index in [4.69, 9.17) is 4.74 Å². The summed E-state index contributed by atoms with van der Waals surface area (Å²) in [5.74, 6) is -0.966. The standard InChI is InChI=1S/C41H40N4O5/c1-25(27-18-19-29-28(22-27)24-44(40(29)48)36-20-21-37(46)43-39(36)47)45(35-17-9-16-34(35)42-23-26-10-3-2-4-11-26)41(49)50-38-32-14-7-5-12-30(32)31-13-6-8-15-33(31)38/h2-8,10-15,18-19,22,25,34-36,38,42H,9,16-17,20-21,23-24H2,1H3,(H,43,46,47)/t25?,34-,35-,36?/m0/s1. The summed E-state index contributed by atoms with van der Waals surface area (Å²) in [6, 6.07) is 31.1. The van der Waals surface area contributed by atoms with Gasteiger partial charge in [-0.2, -0.15) is 0 Å². The Morgan fingerprint density at radius 3 is 2.30 bits per heavy atom. The molecule has 4 atom stereocenters. The van der Waals surface area contributed by atoms with Gasteiger partial charge in [-0.3, -0.25) is 24.6 Å². The Morgan fingerprint density at radius 1 is 0.880 bits per heavy atom. The van der Waals surface area contributed by atoms with E-state index in [2.05, 4.69) is 34.9 Å². The number of rotatable bonds is 8. The Labute approximate surface area is 291 Å². The molecule has 0 spiro atoms. The van der Waals surface area contributed by atoms with Crippen LogP contribution in [0.4, 0.5) is 4.79 Å². The average Bonchev–Trinajstić information content (AvgIpc) is 3.82. The third kappa shape index (κ3) is 5.75. The molecule has 50 heavy (non-hydrogen) atoms. The van der Waals surface area contributed by atoms with Crippen LogP contribution >= 0.6 is 0 Å². The molecular weight excluding hydrogens is 628 g/mol. The summed E-state index contributed by atoms with van der Waals surface area (Å²) in [6.07, 6.45) is 2.34. The molecule has 2 heterocycles. The zero-order valence-electron chi connectivity index (χ0n) is 28.0. The molecule has 1 saturated heterocycles. The van der Waals surface area contributed by atoms with Gasteiger partial charge in [0, 0.05) is 42.2 Å². The van der Waals surface area contributed by atoms with Gasteiger partial charge >= 0.3 is 6.09 Å². The number of hydrogen-bond acceptors (Lipinski definition) is 6. The molecule has 2 aliphatic heterocycles. The minimum absolute atomic E-state index is 0.0624. The van der Waals surface area contributed by atoms with Crippen molar-refractivity contribution in [1.29, 1.82) is 0 Å². The van der Waals surface area contributed by atoms with Crippen LogP contribution in [0, 0.1) is 0 Å². The van der Waals surface area contributed by atoms with E-state index in [0.717, 1.165) is 52.6 Å². The van der Waals surface area contributed by atoms with Crippen LogP contribution in [-0.4, -0.2) is 51.7 Å². The largest absolute Gasteiger partial charge is 0.436 e. The van der Waals surface area contributed by atoms with Crippen molar-refractivity contribution in [3.63, 3.8) is 0 Å². The van der Waals surface area contributed by atoms with Crippen molar-refractivity contribution in [2.24, 2.45) is 0 Å². The quantitative estimate of drug-likeness (QED) is 0.210. The first-order valence-electron chi connectivity index (χ1n) is 17.6. The van der Waals surface area contributed by atoms with Gasteiger partial charge in [-0.05, 0) is 66.5 Å². The molecule has 4 aliphatic rings. The number of piperidine rings is 1. The highest BCUT2D eigenvalue weighted by molar-refractivity contribution is 6.05. The lowest BCUT2D eigenvalue weighted by Crippen LogP contribution is -2.52. The molecule has 0 aromatic heterocycles. The lowest BCUT2D eigenvalue weighted by atomic mass is 9.98. The molecular formula is C41H40N4O5. The normalized spacial score (nSPS) is 21.7. The summed E-state index contributed by atoms with van der Waals surface area (Å²) in [6.45, 7) is 2.99. The first kappa shape index (κ1) is 32.0. The summed E-state index contributed by atoms with van der Waals surface area (Å²) < 4.78 is 6.54. The number of ether oxygens (including phenoxy) is 1. The number of benzene rings is 4. The molecule has 4 aromatic rings. The summed E-state index contributed by atoms with van der Waals surface area (Å²) in [4.78, 5) is 56.0.